The fraction of sp³-hybridized carbons (Fsp3) is 0.0625. The van der Waals surface area contributed by atoms with Crippen LogP contribution in [0.25, 0.3) is 6.08 Å². The fourth-order valence-corrected chi connectivity index (χ4v) is 2.35. The Morgan fingerprint density at radius 2 is 1.85 bits per heavy atom. The van der Waals surface area contributed by atoms with Gasteiger partial charge in [0.15, 0.2) is 12.4 Å². The van der Waals surface area contributed by atoms with Gasteiger partial charge >= 0.3 is 0 Å². The minimum Gasteiger partial charge on any atom is -0.287 e. The molecule has 98 valence electrons. The van der Waals surface area contributed by atoms with Crippen LogP contribution in [-0.2, 0) is 4.79 Å². The molecule has 0 saturated heterocycles. The van der Waals surface area contributed by atoms with E-state index in [1.807, 2.05) is 18.2 Å². The molecular weight excluding hydrogens is 252 g/mol. The Bertz CT molecular complexity index is 720. The number of aromatic amines is 1. The van der Waals surface area contributed by atoms with E-state index in [4.69, 9.17) is 0 Å². The summed E-state index contributed by atoms with van der Waals surface area (Å²) in [6.45, 7) is 1.46. The Balaban J connectivity index is 2.15. The van der Waals surface area contributed by atoms with Crippen molar-refractivity contribution in [3.63, 3.8) is 0 Å². The topological polar surface area (TPSA) is 51.5 Å². The molecule has 2 aromatic rings. The first-order valence-corrected chi connectivity index (χ1v) is 6.31. The Morgan fingerprint density at radius 3 is 2.55 bits per heavy atom. The second-order valence-electron chi connectivity index (χ2n) is 4.56. The van der Waals surface area contributed by atoms with Crippen LogP contribution in [-0.4, -0.2) is 11.7 Å². The Morgan fingerprint density at radius 1 is 1.15 bits per heavy atom. The Labute approximate surface area is 116 Å². The zero-order valence-electron chi connectivity index (χ0n) is 11.0. The maximum absolute atomic E-state index is 12.4. The number of carbonyl (C=O) groups excluding carboxylic acids is 2. The Kier molecular flexibility index (Phi) is 2.91. The van der Waals surface area contributed by atoms with Gasteiger partial charge < -0.3 is 0 Å². The Hall–Kier alpha value is -2.75. The van der Waals surface area contributed by atoms with Crippen molar-refractivity contribution in [1.82, 2.24) is 0 Å². The number of para-hydroxylation sites is 1. The van der Waals surface area contributed by atoms with Crippen molar-refractivity contribution in [2.45, 2.75) is 6.92 Å². The van der Waals surface area contributed by atoms with Crippen LogP contribution in [0.1, 0.15) is 22.8 Å². The van der Waals surface area contributed by atoms with Crippen molar-refractivity contribution in [1.29, 1.82) is 0 Å². The predicted octanol–water partition coefficient (Wildman–Crippen LogP) is 2.09. The average molecular weight is 265 g/mol. The number of hydrogen-bond acceptors (Lipinski definition) is 2. The van der Waals surface area contributed by atoms with Gasteiger partial charge in [-0.1, -0.05) is 12.1 Å². The second kappa shape index (κ2) is 4.74. The van der Waals surface area contributed by atoms with Crippen LogP contribution in [0.15, 0.2) is 54.5 Å². The molecule has 1 aliphatic heterocycles. The highest BCUT2D eigenvalue weighted by Gasteiger charge is 2.34. The van der Waals surface area contributed by atoms with Gasteiger partial charge in [0.1, 0.15) is 0 Å². The van der Waals surface area contributed by atoms with Crippen molar-refractivity contribution >= 4 is 23.5 Å². The van der Waals surface area contributed by atoms with Gasteiger partial charge in [-0.15, -0.1) is 0 Å². The van der Waals surface area contributed by atoms with Crippen LogP contribution < -0.4 is 9.88 Å². The second-order valence-corrected chi connectivity index (χ2v) is 4.56. The fourth-order valence-electron chi connectivity index (χ4n) is 2.35. The third kappa shape index (κ3) is 1.91. The van der Waals surface area contributed by atoms with Crippen LogP contribution in [0.2, 0.25) is 0 Å². The molecule has 0 radical (unpaired) electrons. The first-order valence-electron chi connectivity index (χ1n) is 6.31. The molecule has 3 rings (SSSR count). The normalized spacial score (nSPS) is 15.6. The van der Waals surface area contributed by atoms with E-state index in [9.17, 15) is 9.59 Å². The summed E-state index contributed by atoms with van der Waals surface area (Å²) >= 11 is 0. The van der Waals surface area contributed by atoms with E-state index < -0.39 is 0 Å². The van der Waals surface area contributed by atoms with Gasteiger partial charge in [0.25, 0.3) is 0 Å². The number of fused-ring (bicyclic) bond motifs is 1. The maximum atomic E-state index is 12.4. The van der Waals surface area contributed by atoms with Crippen LogP contribution >= 0.6 is 0 Å². The SMILES string of the molecule is CC(=O)N1C(=Cc2cc[nH+]cc2)C(=O)c2ccccc21. The van der Waals surface area contributed by atoms with Crippen LogP contribution in [0.3, 0.4) is 0 Å². The van der Waals surface area contributed by atoms with Crippen molar-refractivity contribution in [3.05, 3.63) is 65.6 Å². The number of pyridine rings is 1. The lowest BCUT2D eigenvalue weighted by Crippen LogP contribution is -2.25. The number of ketones is 1. The van der Waals surface area contributed by atoms with Crippen molar-refractivity contribution in [2.75, 3.05) is 4.90 Å². The smallest absolute Gasteiger partial charge is 0.228 e. The molecule has 4 heteroatoms. The molecule has 0 aliphatic carbocycles. The number of hydrogen-bond donors (Lipinski definition) is 0. The van der Waals surface area contributed by atoms with E-state index in [2.05, 4.69) is 4.98 Å². The number of aromatic nitrogens is 1. The molecule has 0 atom stereocenters. The highest BCUT2D eigenvalue weighted by molar-refractivity contribution is 6.26. The first-order chi connectivity index (χ1) is 9.68. The molecule has 1 amide bonds. The summed E-state index contributed by atoms with van der Waals surface area (Å²) in [6.07, 6.45) is 5.28. The zero-order valence-corrected chi connectivity index (χ0v) is 11.0. The molecule has 2 heterocycles. The van der Waals surface area contributed by atoms with E-state index in [1.165, 1.54) is 11.8 Å². The summed E-state index contributed by atoms with van der Waals surface area (Å²) in [6, 6.07) is 10.8. The highest BCUT2D eigenvalue weighted by atomic mass is 16.2. The lowest BCUT2D eigenvalue weighted by Gasteiger charge is -2.15. The van der Waals surface area contributed by atoms with Gasteiger partial charge in [0, 0.05) is 24.6 Å². The molecule has 0 unspecified atom stereocenters. The van der Waals surface area contributed by atoms with E-state index in [0.29, 0.717) is 16.9 Å². The van der Waals surface area contributed by atoms with Gasteiger partial charge in [-0.2, -0.15) is 0 Å². The van der Waals surface area contributed by atoms with E-state index >= 15 is 0 Å². The molecule has 1 aromatic heterocycles. The van der Waals surface area contributed by atoms with Gasteiger partial charge in [-0.3, -0.25) is 14.5 Å². The number of rotatable bonds is 1. The summed E-state index contributed by atoms with van der Waals surface area (Å²) < 4.78 is 0. The minimum atomic E-state index is -0.169. The number of carbonyl (C=O) groups is 2. The first kappa shape index (κ1) is 12.3. The van der Waals surface area contributed by atoms with Crippen molar-refractivity contribution in [3.8, 4) is 0 Å². The molecule has 0 saturated carbocycles. The quantitative estimate of drug-likeness (QED) is 0.741. The summed E-state index contributed by atoms with van der Waals surface area (Å²) in [7, 11) is 0. The average Bonchev–Trinajstić information content (AvgIpc) is 2.74. The standard InChI is InChI=1S/C16H12N2O2/c1-11(19)18-14-5-3-2-4-13(14)16(20)15(18)10-12-6-8-17-9-7-12/h2-10H,1H3/p+1. The van der Waals surface area contributed by atoms with Crippen LogP contribution in [0.5, 0.6) is 0 Å². The third-order valence-corrected chi connectivity index (χ3v) is 3.23. The predicted molar refractivity (Wildman–Crippen MR) is 74.9 cm³/mol. The number of anilines is 1. The molecule has 4 nitrogen and oxygen atoms in total. The molecular formula is C16H13N2O2+. The summed E-state index contributed by atoms with van der Waals surface area (Å²) in [5, 5.41) is 0. The van der Waals surface area contributed by atoms with Gasteiger partial charge in [-0.05, 0) is 23.8 Å². The van der Waals surface area contributed by atoms with Gasteiger partial charge in [0.05, 0.1) is 11.4 Å². The van der Waals surface area contributed by atoms with Gasteiger partial charge in [0.2, 0.25) is 11.7 Å². The zero-order chi connectivity index (χ0) is 14.1. The number of allylic oxidation sites excluding steroid dienone is 1. The lowest BCUT2D eigenvalue weighted by molar-refractivity contribution is -0.378. The van der Waals surface area contributed by atoms with E-state index in [0.717, 1.165) is 5.56 Å². The molecule has 20 heavy (non-hydrogen) atoms. The van der Waals surface area contributed by atoms with Gasteiger partial charge in [-0.25, -0.2) is 4.98 Å². The number of H-pyrrole nitrogens is 1. The molecule has 1 N–H and O–H groups in total. The molecule has 0 spiro atoms. The number of amides is 1. The molecule has 0 fully saturated rings. The molecule has 1 aliphatic rings. The van der Waals surface area contributed by atoms with Crippen LogP contribution in [0, 0.1) is 0 Å². The van der Waals surface area contributed by atoms with Crippen molar-refractivity contribution < 1.29 is 14.6 Å². The summed E-state index contributed by atoms with van der Waals surface area (Å²) in [5.41, 5.74) is 2.48. The summed E-state index contributed by atoms with van der Waals surface area (Å²) in [4.78, 5) is 28.7. The number of nitrogens with one attached hydrogen (secondary N) is 1. The number of nitrogens with zero attached hydrogens (tertiary/aromatic N) is 1. The largest absolute Gasteiger partial charge is 0.287 e. The number of benzene rings is 1. The lowest BCUT2D eigenvalue weighted by atomic mass is 10.1. The number of Topliss-reactive ketones (excluding diaryl/α,β-unsaturated/α-hetero) is 1. The molecule has 0 bridgehead atoms. The minimum absolute atomic E-state index is 0.122. The van der Waals surface area contributed by atoms with Crippen molar-refractivity contribution in [2.24, 2.45) is 0 Å². The van der Waals surface area contributed by atoms with Crippen LogP contribution in [0.4, 0.5) is 5.69 Å². The maximum Gasteiger partial charge on any atom is 0.228 e. The highest BCUT2D eigenvalue weighted by Crippen LogP contribution is 2.35. The monoisotopic (exact) mass is 265 g/mol. The summed E-state index contributed by atoms with van der Waals surface area (Å²) in [5.74, 6) is -0.291. The van der Waals surface area contributed by atoms with E-state index in [1.54, 1.807) is 36.7 Å². The molecule has 1 aromatic carbocycles. The van der Waals surface area contributed by atoms with E-state index in [-0.39, 0.29) is 11.7 Å². The third-order valence-electron chi connectivity index (χ3n) is 3.23.